The van der Waals surface area contributed by atoms with E-state index in [1.54, 1.807) is 18.0 Å². The molecule has 0 aliphatic carbocycles. The number of amides is 1. The van der Waals surface area contributed by atoms with Crippen LogP contribution >= 0.6 is 11.8 Å². The van der Waals surface area contributed by atoms with Crippen LogP contribution in [0.5, 0.6) is 5.75 Å². The molecule has 0 bridgehead atoms. The summed E-state index contributed by atoms with van der Waals surface area (Å²) < 4.78 is 5.16. The van der Waals surface area contributed by atoms with Crippen LogP contribution in [-0.4, -0.2) is 18.1 Å². The van der Waals surface area contributed by atoms with Gasteiger partial charge in [-0.3, -0.25) is 0 Å². The molecule has 1 aromatic heterocycles. The minimum atomic E-state index is -0.464. The highest BCUT2D eigenvalue weighted by atomic mass is 32.2. The Morgan fingerprint density at radius 2 is 1.95 bits per heavy atom. The normalized spacial score (nSPS) is 10.2. The Labute approximate surface area is 122 Å². The zero-order valence-electron chi connectivity index (χ0n) is 11.6. The maximum atomic E-state index is 11.2. The van der Waals surface area contributed by atoms with Crippen molar-refractivity contribution in [3.63, 3.8) is 0 Å². The van der Waals surface area contributed by atoms with Crippen LogP contribution in [0.15, 0.2) is 46.5 Å². The second-order valence-corrected chi connectivity index (χ2v) is 5.33. The Morgan fingerprint density at radius 3 is 2.50 bits per heavy atom. The van der Waals surface area contributed by atoms with Crippen LogP contribution in [0.1, 0.15) is 11.1 Å². The van der Waals surface area contributed by atoms with E-state index in [4.69, 9.17) is 4.74 Å². The summed E-state index contributed by atoms with van der Waals surface area (Å²) in [6.07, 6.45) is 1.31. The van der Waals surface area contributed by atoms with Gasteiger partial charge in [0.05, 0.1) is 0 Å². The molecule has 1 amide bonds. The third-order valence-corrected chi connectivity index (χ3v) is 3.99. The molecule has 0 atom stereocenters. The predicted octanol–water partition coefficient (Wildman–Crippen LogP) is 3.57. The molecule has 0 fully saturated rings. The molecule has 0 aliphatic heterocycles. The van der Waals surface area contributed by atoms with E-state index >= 15 is 0 Å². The van der Waals surface area contributed by atoms with Gasteiger partial charge < -0.3 is 10.1 Å². The number of carbonyl (C=O) groups excluding carboxylic acids is 1. The summed E-state index contributed by atoms with van der Waals surface area (Å²) in [7, 11) is 1.54. The first-order chi connectivity index (χ1) is 9.60. The van der Waals surface area contributed by atoms with Crippen LogP contribution in [0.2, 0.25) is 0 Å². The van der Waals surface area contributed by atoms with Gasteiger partial charge in [0.15, 0.2) is 0 Å². The van der Waals surface area contributed by atoms with Crippen molar-refractivity contribution >= 4 is 17.9 Å². The Bertz CT molecular complexity index is 592. The number of hydrogen-bond acceptors (Lipinski definition) is 4. The first kappa shape index (κ1) is 14.4. The summed E-state index contributed by atoms with van der Waals surface area (Å²) in [6, 6.07) is 9.53. The van der Waals surface area contributed by atoms with E-state index in [1.165, 1.54) is 7.05 Å². The zero-order valence-corrected chi connectivity index (χ0v) is 12.5. The number of aryl methyl sites for hydroxylation is 2. The van der Waals surface area contributed by atoms with Gasteiger partial charge in [0.1, 0.15) is 10.8 Å². The molecule has 0 aliphatic rings. The summed E-state index contributed by atoms with van der Waals surface area (Å²) in [6.45, 7) is 3.99. The molecule has 0 saturated carbocycles. The number of aromatic nitrogens is 1. The number of pyridine rings is 1. The average molecular weight is 288 g/mol. The maximum Gasteiger partial charge on any atom is 0.412 e. The van der Waals surface area contributed by atoms with Gasteiger partial charge in [-0.1, -0.05) is 17.8 Å². The quantitative estimate of drug-likeness (QED) is 0.938. The first-order valence-corrected chi connectivity index (χ1v) is 7.01. The molecule has 0 saturated heterocycles. The fourth-order valence-electron chi connectivity index (χ4n) is 1.80. The second kappa shape index (κ2) is 6.43. The lowest BCUT2D eigenvalue weighted by molar-refractivity contribution is 0.203. The molecule has 104 valence electrons. The van der Waals surface area contributed by atoms with Gasteiger partial charge in [0, 0.05) is 18.1 Å². The fourth-order valence-corrected chi connectivity index (χ4v) is 2.71. The van der Waals surface area contributed by atoms with Crippen LogP contribution in [0.25, 0.3) is 0 Å². The van der Waals surface area contributed by atoms with Crippen LogP contribution in [0.4, 0.5) is 4.79 Å². The molecule has 2 rings (SSSR count). The molecule has 0 unspecified atom stereocenters. The lowest BCUT2D eigenvalue weighted by Gasteiger charge is -2.11. The average Bonchev–Trinajstić information content (AvgIpc) is 2.44. The van der Waals surface area contributed by atoms with E-state index in [-0.39, 0.29) is 0 Å². The van der Waals surface area contributed by atoms with Gasteiger partial charge >= 0.3 is 6.09 Å². The third-order valence-electron chi connectivity index (χ3n) is 2.69. The number of nitrogens with one attached hydrogen (secondary N) is 1. The summed E-state index contributed by atoms with van der Waals surface area (Å²) in [4.78, 5) is 16.7. The highest BCUT2D eigenvalue weighted by molar-refractivity contribution is 7.99. The topological polar surface area (TPSA) is 51.2 Å². The highest BCUT2D eigenvalue weighted by Gasteiger charge is 2.10. The van der Waals surface area contributed by atoms with Gasteiger partial charge in [0.2, 0.25) is 0 Å². The van der Waals surface area contributed by atoms with E-state index < -0.39 is 6.09 Å². The zero-order chi connectivity index (χ0) is 14.5. The number of rotatable bonds is 3. The van der Waals surface area contributed by atoms with Crippen molar-refractivity contribution in [2.24, 2.45) is 0 Å². The summed E-state index contributed by atoms with van der Waals surface area (Å²) in [5.41, 5.74) is 2.11. The van der Waals surface area contributed by atoms with E-state index in [0.29, 0.717) is 5.75 Å². The van der Waals surface area contributed by atoms with E-state index in [9.17, 15) is 4.79 Å². The highest BCUT2D eigenvalue weighted by Crippen LogP contribution is 2.34. The molecule has 2 aromatic rings. The summed E-state index contributed by atoms with van der Waals surface area (Å²) in [5, 5.41) is 3.37. The number of carbonyl (C=O) groups is 1. The van der Waals surface area contributed by atoms with Crippen molar-refractivity contribution in [3.8, 4) is 5.75 Å². The fraction of sp³-hybridized carbons (Fsp3) is 0.200. The number of ether oxygens (including phenoxy) is 1. The Morgan fingerprint density at radius 1 is 1.25 bits per heavy atom. The molecule has 5 heteroatoms. The largest absolute Gasteiger partial charge is 0.412 e. The van der Waals surface area contributed by atoms with Gasteiger partial charge in [-0.15, -0.1) is 0 Å². The van der Waals surface area contributed by atoms with Crippen LogP contribution < -0.4 is 10.1 Å². The van der Waals surface area contributed by atoms with Crippen molar-refractivity contribution in [1.29, 1.82) is 0 Å². The number of nitrogens with zero attached hydrogens (tertiary/aromatic N) is 1. The molecular weight excluding hydrogens is 272 g/mol. The minimum Gasteiger partial charge on any atom is -0.410 e. The molecule has 1 N–H and O–H groups in total. The Kier molecular flexibility index (Phi) is 4.63. The molecule has 4 nitrogen and oxygen atoms in total. The van der Waals surface area contributed by atoms with Crippen LogP contribution in [-0.2, 0) is 0 Å². The Hall–Kier alpha value is -2.01. The predicted molar refractivity (Wildman–Crippen MR) is 79.4 cm³/mol. The lowest BCUT2D eigenvalue weighted by Crippen LogP contribution is -2.22. The summed E-state index contributed by atoms with van der Waals surface area (Å²) in [5.74, 6) is 0.546. The number of benzene rings is 1. The van der Waals surface area contributed by atoms with Crippen molar-refractivity contribution in [2.75, 3.05) is 7.05 Å². The maximum absolute atomic E-state index is 11.2. The van der Waals surface area contributed by atoms with Gasteiger partial charge in [-0.05, 0) is 49.2 Å². The second-order valence-electron chi connectivity index (χ2n) is 4.30. The van der Waals surface area contributed by atoms with Crippen LogP contribution in [0.3, 0.4) is 0 Å². The summed E-state index contributed by atoms with van der Waals surface area (Å²) >= 11 is 1.61. The van der Waals surface area contributed by atoms with Gasteiger partial charge in [0.25, 0.3) is 0 Å². The molecule has 1 aromatic carbocycles. The molecular formula is C15H16N2O2S. The van der Waals surface area contributed by atoms with Crippen molar-refractivity contribution in [3.05, 3.63) is 47.7 Å². The van der Waals surface area contributed by atoms with E-state index in [2.05, 4.69) is 10.3 Å². The SMILES string of the molecule is CNC(=O)Oc1cc(C)c(Sc2ccccn2)c(C)c1. The lowest BCUT2D eigenvalue weighted by atomic mass is 10.1. The molecule has 20 heavy (non-hydrogen) atoms. The molecule has 1 heterocycles. The first-order valence-electron chi connectivity index (χ1n) is 6.20. The standard InChI is InChI=1S/C15H16N2O2S/c1-10-8-12(19-15(18)16-3)9-11(2)14(10)20-13-6-4-5-7-17-13/h4-9H,1-3H3,(H,16,18). The van der Waals surface area contributed by atoms with Crippen molar-refractivity contribution < 1.29 is 9.53 Å². The Balaban J connectivity index is 2.25. The molecule has 0 radical (unpaired) electrons. The van der Waals surface area contributed by atoms with Crippen molar-refractivity contribution in [1.82, 2.24) is 10.3 Å². The smallest absolute Gasteiger partial charge is 0.410 e. The molecule has 0 spiro atoms. The monoisotopic (exact) mass is 288 g/mol. The van der Waals surface area contributed by atoms with Crippen LogP contribution in [0, 0.1) is 13.8 Å². The third kappa shape index (κ3) is 3.51. The van der Waals surface area contributed by atoms with Gasteiger partial charge in [-0.2, -0.15) is 0 Å². The van der Waals surface area contributed by atoms with E-state index in [0.717, 1.165) is 21.0 Å². The van der Waals surface area contributed by atoms with Gasteiger partial charge in [-0.25, -0.2) is 9.78 Å². The van der Waals surface area contributed by atoms with Crippen molar-refractivity contribution in [2.45, 2.75) is 23.8 Å². The van der Waals surface area contributed by atoms with E-state index in [1.807, 2.05) is 44.2 Å². The minimum absolute atomic E-state index is 0.464. The number of hydrogen-bond donors (Lipinski definition) is 1.